The molecule has 2 aromatic carbocycles. The number of hydrogen-bond acceptors (Lipinski definition) is 2. The van der Waals surface area contributed by atoms with Crippen LogP contribution in [-0.4, -0.2) is 12.1 Å². The number of rotatable bonds is 3. The summed E-state index contributed by atoms with van der Waals surface area (Å²) >= 11 is 11.6. The molecule has 0 atom stereocenters. The second kappa shape index (κ2) is 6.36. The van der Waals surface area contributed by atoms with E-state index in [1.807, 2.05) is 12.1 Å². The van der Waals surface area contributed by atoms with Gasteiger partial charge in [-0.1, -0.05) is 35.3 Å². The van der Waals surface area contributed by atoms with Gasteiger partial charge in [0.15, 0.2) is 0 Å². The lowest BCUT2D eigenvalue weighted by molar-refractivity contribution is 0.0955. The van der Waals surface area contributed by atoms with Crippen molar-refractivity contribution >= 4 is 35.3 Å². The molecule has 0 saturated carbocycles. The van der Waals surface area contributed by atoms with Gasteiger partial charge in [-0.25, -0.2) is 5.43 Å². The topological polar surface area (TPSA) is 41.5 Å². The van der Waals surface area contributed by atoms with Gasteiger partial charge in [0, 0.05) is 15.6 Å². The van der Waals surface area contributed by atoms with Gasteiger partial charge in [-0.2, -0.15) is 5.10 Å². The first kappa shape index (κ1) is 13.6. The summed E-state index contributed by atoms with van der Waals surface area (Å²) in [5.41, 5.74) is 3.73. The Morgan fingerprint density at radius 1 is 1.05 bits per heavy atom. The molecule has 0 saturated heterocycles. The first-order valence-electron chi connectivity index (χ1n) is 5.50. The van der Waals surface area contributed by atoms with Gasteiger partial charge in [-0.3, -0.25) is 4.79 Å². The minimum absolute atomic E-state index is 0.296. The number of benzene rings is 2. The lowest BCUT2D eigenvalue weighted by Gasteiger charge is -1.99. The number of hydrazone groups is 1. The van der Waals surface area contributed by atoms with Crippen molar-refractivity contribution in [1.29, 1.82) is 0 Å². The molecule has 0 unspecified atom stereocenters. The fourth-order valence-corrected chi connectivity index (χ4v) is 1.74. The van der Waals surface area contributed by atoms with Crippen molar-refractivity contribution in [3.63, 3.8) is 0 Å². The van der Waals surface area contributed by atoms with Gasteiger partial charge in [0.05, 0.1) is 6.21 Å². The smallest absolute Gasteiger partial charge is 0.267 e. The molecule has 0 aromatic heterocycles. The summed E-state index contributed by atoms with van der Waals surface area (Å²) in [4.78, 5) is 11.7. The van der Waals surface area contributed by atoms with Crippen LogP contribution < -0.4 is 5.43 Å². The Morgan fingerprint density at radius 3 is 2.47 bits per heavy atom. The van der Waals surface area contributed by atoms with Crippen LogP contribution in [0.4, 0.5) is 0 Å². The third kappa shape index (κ3) is 4.09. The molecule has 0 aliphatic carbocycles. The summed E-state index contributed by atoms with van der Waals surface area (Å²) in [6.45, 7) is 0. The Bertz CT molecular complexity index is 609. The highest BCUT2D eigenvalue weighted by Crippen LogP contribution is 2.10. The average Bonchev–Trinajstić information content (AvgIpc) is 2.39. The molecule has 3 nitrogen and oxygen atoms in total. The molecule has 96 valence electrons. The zero-order chi connectivity index (χ0) is 13.7. The van der Waals surface area contributed by atoms with Gasteiger partial charge in [0.2, 0.25) is 0 Å². The normalized spacial score (nSPS) is 10.6. The molecule has 0 bridgehead atoms. The highest BCUT2D eigenvalue weighted by molar-refractivity contribution is 6.31. The van der Waals surface area contributed by atoms with Gasteiger partial charge < -0.3 is 0 Å². The zero-order valence-electron chi connectivity index (χ0n) is 9.81. The first-order valence-corrected chi connectivity index (χ1v) is 6.25. The Labute approximate surface area is 120 Å². The minimum atomic E-state index is -0.296. The van der Waals surface area contributed by atoms with Crippen molar-refractivity contribution in [2.24, 2.45) is 5.10 Å². The van der Waals surface area contributed by atoms with E-state index in [2.05, 4.69) is 10.5 Å². The van der Waals surface area contributed by atoms with Crippen molar-refractivity contribution in [3.8, 4) is 0 Å². The molecule has 2 rings (SSSR count). The van der Waals surface area contributed by atoms with Crippen LogP contribution in [0.25, 0.3) is 0 Å². The summed E-state index contributed by atoms with van der Waals surface area (Å²) in [6, 6.07) is 13.7. The van der Waals surface area contributed by atoms with Crippen LogP contribution in [0.5, 0.6) is 0 Å². The van der Waals surface area contributed by atoms with Gasteiger partial charge >= 0.3 is 0 Å². The number of halogens is 2. The van der Waals surface area contributed by atoms with Crippen molar-refractivity contribution in [3.05, 3.63) is 69.7 Å². The van der Waals surface area contributed by atoms with E-state index >= 15 is 0 Å². The molecule has 0 radical (unpaired) electrons. The van der Waals surface area contributed by atoms with Gasteiger partial charge in [0.25, 0.3) is 5.91 Å². The van der Waals surface area contributed by atoms with E-state index in [4.69, 9.17) is 23.2 Å². The number of carbonyl (C=O) groups is 1. The fraction of sp³-hybridized carbons (Fsp3) is 0. The molecule has 2 aromatic rings. The first-order chi connectivity index (χ1) is 9.15. The van der Waals surface area contributed by atoms with Crippen LogP contribution in [0.15, 0.2) is 53.6 Å². The lowest BCUT2D eigenvalue weighted by Crippen LogP contribution is -2.17. The number of carbonyl (C=O) groups excluding carboxylic acids is 1. The van der Waals surface area contributed by atoms with E-state index in [-0.39, 0.29) is 5.91 Å². The standard InChI is InChI=1S/C14H10Cl2N2O/c15-12-6-4-11(5-7-12)14(19)18-17-9-10-2-1-3-13(16)8-10/h1-9H,(H,18,19). The third-order valence-electron chi connectivity index (χ3n) is 2.33. The SMILES string of the molecule is O=C(NN=Cc1cccc(Cl)c1)c1ccc(Cl)cc1. The summed E-state index contributed by atoms with van der Waals surface area (Å²) in [6.07, 6.45) is 1.53. The Balaban J connectivity index is 1.98. The van der Waals surface area contributed by atoms with E-state index in [1.165, 1.54) is 6.21 Å². The van der Waals surface area contributed by atoms with Gasteiger partial charge in [-0.05, 0) is 42.0 Å². The molecular weight excluding hydrogens is 283 g/mol. The third-order valence-corrected chi connectivity index (χ3v) is 2.82. The quantitative estimate of drug-likeness (QED) is 0.679. The van der Waals surface area contributed by atoms with Crippen LogP contribution in [0.2, 0.25) is 10.0 Å². The molecule has 19 heavy (non-hydrogen) atoms. The second-order valence-electron chi connectivity index (χ2n) is 3.76. The largest absolute Gasteiger partial charge is 0.271 e. The number of nitrogens with zero attached hydrogens (tertiary/aromatic N) is 1. The monoisotopic (exact) mass is 292 g/mol. The predicted molar refractivity (Wildman–Crippen MR) is 78.0 cm³/mol. The van der Waals surface area contributed by atoms with Crippen LogP contribution in [0.1, 0.15) is 15.9 Å². The van der Waals surface area contributed by atoms with E-state index in [0.29, 0.717) is 15.6 Å². The van der Waals surface area contributed by atoms with Crippen LogP contribution >= 0.6 is 23.2 Å². The zero-order valence-corrected chi connectivity index (χ0v) is 11.3. The van der Waals surface area contributed by atoms with E-state index in [0.717, 1.165) is 5.56 Å². The molecule has 5 heteroatoms. The maximum Gasteiger partial charge on any atom is 0.271 e. The average molecular weight is 293 g/mol. The molecule has 0 spiro atoms. The molecule has 0 aliphatic heterocycles. The summed E-state index contributed by atoms with van der Waals surface area (Å²) in [5.74, 6) is -0.296. The summed E-state index contributed by atoms with van der Waals surface area (Å²) in [5, 5.41) is 5.07. The van der Waals surface area contributed by atoms with Crippen molar-refractivity contribution < 1.29 is 4.79 Å². The van der Waals surface area contributed by atoms with E-state index in [9.17, 15) is 4.79 Å². The van der Waals surface area contributed by atoms with Crippen molar-refractivity contribution in [1.82, 2.24) is 5.43 Å². The lowest BCUT2D eigenvalue weighted by atomic mass is 10.2. The summed E-state index contributed by atoms with van der Waals surface area (Å²) < 4.78 is 0. The second-order valence-corrected chi connectivity index (χ2v) is 4.63. The predicted octanol–water partition coefficient (Wildman–Crippen LogP) is 3.76. The van der Waals surface area contributed by atoms with E-state index in [1.54, 1.807) is 36.4 Å². The maximum atomic E-state index is 11.7. The highest BCUT2D eigenvalue weighted by atomic mass is 35.5. The molecule has 1 N–H and O–H groups in total. The van der Waals surface area contributed by atoms with Crippen LogP contribution in [0, 0.1) is 0 Å². The minimum Gasteiger partial charge on any atom is -0.267 e. The number of nitrogens with one attached hydrogen (secondary N) is 1. The van der Waals surface area contributed by atoms with Crippen molar-refractivity contribution in [2.45, 2.75) is 0 Å². The Hall–Kier alpha value is -1.84. The Kier molecular flexibility index (Phi) is 4.55. The van der Waals surface area contributed by atoms with Crippen molar-refractivity contribution in [2.75, 3.05) is 0 Å². The molecule has 0 aliphatic rings. The molecule has 0 fully saturated rings. The number of amides is 1. The maximum absolute atomic E-state index is 11.7. The number of hydrogen-bond donors (Lipinski definition) is 1. The van der Waals surface area contributed by atoms with Gasteiger partial charge in [-0.15, -0.1) is 0 Å². The molecule has 0 heterocycles. The fourth-order valence-electron chi connectivity index (χ4n) is 1.42. The molecule has 1 amide bonds. The molecular formula is C14H10Cl2N2O. The summed E-state index contributed by atoms with van der Waals surface area (Å²) in [7, 11) is 0. The van der Waals surface area contributed by atoms with Crippen LogP contribution in [0.3, 0.4) is 0 Å². The highest BCUT2D eigenvalue weighted by Gasteiger charge is 2.02. The van der Waals surface area contributed by atoms with Gasteiger partial charge in [0.1, 0.15) is 0 Å². The van der Waals surface area contributed by atoms with Crippen LogP contribution in [-0.2, 0) is 0 Å². The van der Waals surface area contributed by atoms with E-state index < -0.39 is 0 Å². The Morgan fingerprint density at radius 2 is 1.79 bits per heavy atom.